The van der Waals surface area contributed by atoms with Crippen LogP contribution in [0.1, 0.15) is 26.2 Å². The minimum atomic E-state index is 0.409. The van der Waals surface area contributed by atoms with Gasteiger partial charge in [0, 0.05) is 13.2 Å². The molecule has 0 aromatic heterocycles. The third kappa shape index (κ3) is 1.70. The molecule has 3 atom stereocenters. The molecule has 2 N–H and O–H groups in total. The maximum atomic E-state index is 5.84. The number of ether oxygens (including phenoxy) is 1. The van der Waals surface area contributed by atoms with Crippen molar-refractivity contribution in [1.82, 2.24) is 0 Å². The van der Waals surface area contributed by atoms with Gasteiger partial charge in [-0.15, -0.1) is 0 Å². The van der Waals surface area contributed by atoms with Gasteiger partial charge in [0.05, 0.1) is 6.10 Å². The minimum Gasteiger partial charge on any atom is -0.381 e. The predicted octanol–water partition coefficient (Wildman–Crippen LogP) is 1.15. The van der Waals surface area contributed by atoms with E-state index < -0.39 is 0 Å². The van der Waals surface area contributed by atoms with Gasteiger partial charge in [-0.1, -0.05) is 6.92 Å². The van der Waals surface area contributed by atoms with Crippen molar-refractivity contribution in [1.29, 1.82) is 0 Å². The molecule has 2 nitrogen and oxygen atoms in total. The number of hydrogen-bond acceptors (Lipinski definition) is 2. The Morgan fingerprint density at radius 2 is 2.10 bits per heavy atom. The first-order valence-electron chi connectivity index (χ1n) is 4.02. The van der Waals surface area contributed by atoms with E-state index in [0.717, 1.165) is 19.3 Å². The molecule has 0 aromatic rings. The van der Waals surface area contributed by atoms with E-state index in [1.165, 1.54) is 0 Å². The summed E-state index contributed by atoms with van der Waals surface area (Å²) in [5.74, 6) is 0.638. The molecule has 1 saturated carbocycles. The Labute approximate surface area is 62.7 Å². The Kier molecular flexibility index (Phi) is 2.69. The minimum absolute atomic E-state index is 0.409. The standard InChI is InChI=1S/C8H17NO/c1-6-5-7(10-2)3-4-8(6)9/h6-8H,3-5,9H2,1-2H3/t6-,7-,8?/m1/s1. The van der Waals surface area contributed by atoms with Crippen LogP contribution in [0.2, 0.25) is 0 Å². The van der Waals surface area contributed by atoms with Gasteiger partial charge in [0.15, 0.2) is 0 Å². The maximum absolute atomic E-state index is 5.84. The molecule has 2 heteroatoms. The highest BCUT2D eigenvalue weighted by molar-refractivity contribution is 4.79. The number of hydrogen-bond donors (Lipinski definition) is 1. The van der Waals surface area contributed by atoms with Crippen molar-refractivity contribution < 1.29 is 4.74 Å². The SMILES string of the molecule is CO[C@@H]1CCC(N)[C@H](C)C1. The van der Waals surface area contributed by atoms with Gasteiger partial charge in [0.25, 0.3) is 0 Å². The average molecular weight is 143 g/mol. The van der Waals surface area contributed by atoms with Gasteiger partial charge >= 0.3 is 0 Å². The van der Waals surface area contributed by atoms with Crippen LogP contribution in [0.15, 0.2) is 0 Å². The van der Waals surface area contributed by atoms with Crippen LogP contribution in [-0.4, -0.2) is 19.3 Å². The molecule has 1 aliphatic rings. The summed E-state index contributed by atoms with van der Waals surface area (Å²) in [6.07, 6.45) is 3.87. The summed E-state index contributed by atoms with van der Waals surface area (Å²) < 4.78 is 5.25. The fourth-order valence-corrected chi connectivity index (χ4v) is 1.58. The fourth-order valence-electron chi connectivity index (χ4n) is 1.58. The van der Waals surface area contributed by atoms with E-state index in [0.29, 0.717) is 18.1 Å². The van der Waals surface area contributed by atoms with Gasteiger partial charge in [-0.25, -0.2) is 0 Å². The molecule has 0 heterocycles. The fraction of sp³-hybridized carbons (Fsp3) is 1.00. The summed E-state index contributed by atoms with van der Waals surface area (Å²) in [4.78, 5) is 0. The second-order valence-corrected chi connectivity index (χ2v) is 3.31. The van der Waals surface area contributed by atoms with Crippen molar-refractivity contribution in [3.63, 3.8) is 0 Å². The lowest BCUT2D eigenvalue weighted by Gasteiger charge is -2.30. The Bertz CT molecular complexity index is 105. The molecule has 0 amide bonds. The molecule has 1 aliphatic carbocycles. The summed E-state index contributed by atoms with van der Waals surface area (Å²) in [7, 11) is 1.79. The summed E-state index contributed by atoms with van der Waals surface area (Å²) >= 11 is 0. The predicted molar refractivity (Wildman–Crippen MR) is 41.8 cm³/mol. The zero-order valence-corrected chi connectivity index (χ0v) is 6.84. The first-order valence-corrected chi connectivity index (χ1v) is 4.02. The molecule has 0 aromatic carbocycles. The van der Waals surface area contributed by atoms with Gasteiger partial charge in [-0.3, -0.25) is 0 Å². The maximum Gasteiger partial charge on any atom is 0.0575 e. The van der Waals surface area contributed by atoms with Crippen LogP contribution >= 0.6 is 0 Å². The van der Waals surface area contributed by atoms with E-state index in [2.05, 4.69) is 6.92 Å². The number of nitrogens with two attached hydrogens (primary N) is 1. The second-order valence-electron chi connectivity index (χ2n) is 3.31. The lowest BCUT2D eigenvalue weighted by atomic mass is 9.85. The molecule has 0 bridgehead atoms. The molecular formula is C8H17NO. The van der Waals surface area contributed by atoms with Gasteiger partial charge < -0.3 is 10.5 Å². The smallest absolute Gasteiger partial charge is 0.0575 e. The van der Waals surface area contributed by atoms with Crippen molar-refractivity contribution in [2.45, 2.75) is 38.3 Å². The zero-order chi connectivity index (χ0) is 7.56. The summed E-state index contributed by atoms with van der Waals surface area (Å²) in [5.41, 5.74) is 5.84. The summed E-state index contributed by atoms with van der Waals surface area (Å²) in [5, 5.41) is 0. The molecule has 1 rings (SSSR count). The highest BCUT2D eigenvalue weighted by Gasteiger charge is 2.24. The Morgan fingerprint density at radius 3 is 2.60 bits per heavy atom. The molecule has 10 heavy (non-hydrogen) atoms. The first kappa shape index (κ1) is 8.02. The van der Waals surface area contributed by atoms with Crippen LogP contribution < -0.4 is 5.73 Å². The van der Waals surface area contributed by atoms with Crippen LogP contribution in [0, 0.1) is 5.92 Å². The van der Waals surface area contributed by atoms with E-state index in [9.17, 15) is 0 Å². The van der Waals surface area contributed by atoms with Crippen LogP contribution in [-0.2, 0) is 4.74 Å². The normalized spacial score (nSPS) is 41.7. The highest BCUT2D eigenvalue weighted by atomic mass is 16.5. The first-order chi connectivity index (χ1) is 4.74. The lowest BCUT2D eigenvalue weighted by Crippen LogP contribution is -2.36. The van der Waals surface area contributed by atoms with Gasteiger partial charge in [-0.05, 0) is 25.2 Å². The van der Waals surface area contributed by atoms with Gasteiger partial charge in [0.2, 0.25) is 0 Å². The Morgan fingerprint density at radius 1 is 1.40 bits per heavy atom. The van der Waals surface area contributed by atoms with Crippen LogP contribution in [0.25, 0.3) is 0 Å². The monoisotopic (exact) mass is 143 g/mol. The van der Waals surface area contributed by atoms with Crippen LogP contribution in [0.3, 0.4) is 0 Å². The molecule has 0 saturated heterocycles. The van der Waals surface area contributed by atoms with Crippen LogP contribution in [0.4, 0.5) is 0 Å². The number of rotatable bonds is 1. The second kappa shape index (κ2) is 3.35. The molecule has 0 radical (unpaired) electrons. The largest absolute Gasteiger partial charge is 0.381 e. The van der Waals surface area contributed by atoms with E-state index in [-0.39, 0.29) is 0 Å². The zero-order valence-electron chi connectivity index (χ0n) is 6.84. The third-order valence-corrected chi connectivity index (χ3v) is 2.52. The molecular weight excluding hydrogens is 126 g/mol. The summed E-state index contributed by atoms with van der Waals surface area (Å²) in [6, 6.07) is 0.409. The van der Waals surface area contributed by atoms with Crippen LogP contribution in [0.5, 0.6) is 0 Å². The summed E-state index contributed by atoms with van der Waals surface area (Å²) in [6.45, 7) is 2.20. The van der Waals surface area contributed by atoms with Crippen molar-refractivity contribution in [3.05, 3.63) is 0 Å². The Hall–Kier alpha value is -0.0800. The van der Waals surface area contributed by atoms with Crippen molar-refractivity contribution in [2.24, 2.45) is 11.7 Å². The van der Waals surface area contributed by atoms with Gasteiger partial charge in [-0.2, -0.15) is 0 Å². The number of methoxy groups -OCH3 is 1. The quantitative estimate of drug-likeness (QED) is 0.597. The average Bonchev–Trinajstić information content (AvgIpc) is 1.95. The molecule has 60 valence electrons. The van der Waals surface area contributed by atoms with E-state index >= 15 is 0 Å². The molecule has 1 unspecified atom stereocenters. The van der Waals surface area contributed by atoms with E-state index in [1.54, 1.807) is 7.11 Å². The van der Waals surface area contributed by atoms with Crippen molar-refractivity contribution in [3.8, 4) is 0 Å². The topological polar surface area (TPSA) is 35.2 Å². The molecule has 0 aliphatic heterocycles. The lowest BCUT2D eigenvalue weighted by molar-refractivity contribution is 0.0476. The van der Waals surface area contributed by atoms with Crippen molar-refractivity contribution in [2.75, 3.05) is 7.11 Å². The molecule has 0 spiro atoms. The van der Waals surface area contributed by atoms with E-state index in [1.807, 2.05) is 0 Å². The highest BCUT2D eigenvalue weighted by Crippen LogP contribution is 2.24. The third-order valence-electron chi connectivity index (χ3n) is 2.52. The van der Waals surface area contributed by atoms with Gasteiger partial charge in [0.1, 0.15) is 0 Å². The van der Waals surface area contributed by atoms with E-state index in [4.69, 9.17) is 10.5 Å². The Balaban J connectivity index is 2.33. The molecule has 1 fully saturated rings. The van der Waals surface area contributed by atoms with Crippen molar-refractivity contribution >= 4 is 0 Å².